The maximum absolute atomic E-state index is 6.47. The molecule has 0 fully saturated rings. The molecule has 264 valence electrons. The van der Waals surface area contributed by atoms with Crippen LogP contribution in [0.15, 0.2) is 94.0 Å². The van der Waals surface area contributed by atoms with Gasteiger partial charge in [0.1, 0.15) is 23.0 Å². The highest BCUT2D eigenvalue weighted by atomic mass is 16.3. The topological polar surface area (TPSA) is 90.9 Å². The Morgan fingerprint density at radius 3 is 1.47 bits per heavy atom. The van der Waals surface area contributed by atoms with Gasteiger partial charge in [-0.05, 0) is 56.6 Å². The van der Waals surface area contributed by atoms with Crippen LogP contribution in [0.2, 0.25) is 0 Å². The van der Waals surface area contributed by atoms with Crippen molar-refractivity contribution >= 4 is 0 Å². The van der Waals surface area contributed by atoms with Crippen molar-refractivity contribution in [2.24, 2.45) is 10.8 Å². The van der Waals surface area contributed by atoms with Crippen LogP contribution in [-0.4, -0.2) is 40.4 Å². The molecule has 0 amide bonds. The molecule has 2 aromatic carbocycles. The van der Waals surface area contributed by atoms with Gasteiger partial charge in [-0.2, -0.15) is 0 Å². The molecule has 0 saturated heterocycles. The van der Waals surface area contributed by atoms with Crippen molar-refractivity contribution in [2.45, 2.75) is 105 Å². The van der Waals surface area contributed by atoms with Gasteiger partial charge in [0.2, 0.25) is 0 Å². The van der Waals surface area contributed by atoms with E-state index in [2.05, 4.69) is 126 Å². The van der Waals surface area contributed by atoms with Gasteiger partial charge in [-0.15, -0.1) is 10.2 Å². The molecule has 0 spiro atoms. The molecule has 0 aliphatic heterocycles. The summed E-state index contributed by atoms with van der Waals surface area (Å²) in [7, 11) is 0. The fraction of sp³-hybridized carbons (Fsp3) is 0.429. The van der Waals surface area contributed by atoms with E-state index >= 15 is 0 Å². The van der Waals surface area contributed by atoms with E-state index < -0.39 is 0 Å². The SMILES string of the molecule is CC1(C)Cc2oc(-c3ccccc3)cc2C(n2cc(CN(Cc3cn(C4CC(C)(C)Cc5oc(-c6ccccc6)cc54)nn3)C(C)(C)C)nn2)C1. The van der Waals surface area contributed by atoms with Crippen LogP contribution in [0.4, 0.5) is 0 Å². The molecule has 8 rings (SSSR count). The summed E-state index contributed by atoms with van der Waals surface area (Å²) < 4.78 is 17.0. The van der Waals surface area contributed by atoms with Gasteiger partial charge in [-0.1, -0.05) is 98.8 Å². The van der Waals surface area contributed by atoms with Gasteiger partial charge in [0.05, 0.1) is 35.9 Å². The molecule has 4 aromatic heterocycles. The minimum absolute atomic E-state index is 0.0594. The second-order valence-electron chi connectivity index (χ2n) is 17.2. The van der Waals surface area contributed by atoms with E-state index in [1.807, 2.05) is 21.5 Å². The van der Waals surface area contributed by atoms with Crippen molar-refractivity contribution in [3.8, 4) is 22.6 Å². The summed E-state index contributed by atoms with van der Waals surface area (Å²) in [6.07, 6.45) is 7.98. The molecular formula is C42H49N7O2. The fourth-order valence-electron chi connectivity index (χ4n) is 7.97. The summed E-state index contributed by atoms with van der Waals surface area (Å²) in [5.74, 6) is 3.92. The lowest BCUT2D eigenvalue weighted by atomic mass is 9.75. The molecule has 6 aromatic rings. The molecule has 2 aliphatic carbocycles. The number of aromatic nitrogens is 6. The minimum Gasteiger partial charge on any atom is -0.461 e. The lowest BCUT2D eigenvalue weighted by Gasteiger charge is -2.35. The standard InChI is InChI=1S/C42H49N7O2/c1-40(2,3)47(24-30-26-48(45-43-30)34-20-41(4,5)22-38-32(34)18-36(50-38)28-14-10-8-11-15-28)25-31-27-49(46-44-31)35-21-42(6,7)23-39-33(35)19-37(51-39)29-16-12-9-13-17-29/h8-19,26-27,34-35H,20-25H2,1-7H3. The Balaban J connectivity index is 1.03. The largest absolute Gasteiger partial charge is 0.461 e. The second-order valence-corrected chi connectivity index (χ2v) is 17.2. The highest BCUT2D eigenvalue weighted by Crippen LogP contribution is 2.46. The first-order valence-corrected chi connectivity index (χ1v) is 18.2. The van der Waals surface area contributed by atoms with Crippen LogP contribution in [0.5, 0.6) is 0 Å². The average Bonchev–Trinajstić information content (AvgIpc) is 3.90. The molecule has 0 N–H and O–H groups in total. The van der Waals surface area contributed by atoms with E-state index in [1.165, 1.54) is 11.1 Å². The fourth-order valence-corrected chi connectivity index (χ4v) is 7.97. The van der Waals surface area contributed by atoms with Crippen LogP contribution in [0.25, 0.3) is 22.6 Å². The summed E-state index contributed by atoms with van der Waals surface area (Å²) in [4.78, 5) is 2.40. The van der Waals surface area contributed by atoms with E-state index in [4.69, 9.17) is 29.5 Å². The van der Waals surface area contributed by atoms with Crippen molar-refractivity contribution in [1.29, 1.82) is 0 Å². The van der Waals surface area contributed by atoms with E-state index in [1.54, 1.807) is 0 Å². The van der Waals surface area contributed by atoms with Crippen molar-refractivity contribution in [1.82, 2.24) is 34.9 Å². The molecule has 0 saturated carbocycles. The zero-order chi connectivity index (χ0) is 35.5. The van der Waals surface area contributed by atoms with Crippen LogP contribution in [0.3, 0.4) is 0 Å². The Hall–Kier alpha value is -4.76. The molecule has 0 radical (unpaired) electrons. The number of nitrogens with zero attached hydrogens (tertiary/aromatic N) is 7. The first-order chi connectivity index (χ1) is 24.3. The van der Waals surface area contributed by atoms with Gasteiger partial charge in [-0.25, -0.2) is 9.36 Å². The molecular weight excluding hydrogens is 635 g/mol. The molecule has 0 bridgehead atoms. The van der Waals surface area contributed by atoms with Crippen LogP contribution < -0.4 is 0 Å². The van der Waals surface area contributed by atoms with Gasteiger partial charge in [0.15, 0.2) is 0 Å². The number of fused-ring (bicyclic) bond motifs is 2. The highest BCUT2D eigenvalue weighted by Gasteiger charge is 2.39. The Morgan fingerprint density at radius 2 is 1.08 bits per heavy atom. The van der Waals surface area contributed by atoms with Crippen molar-refractivity contribution in [3.05, 3.63) is 119 Å². The van der Waals surface area contributed by atoms with Gasteiger partial charge in [0.25, 0.3) is 0 Å². The first kappa shape index (κ1) is 33.4. The highest BCUT2D eigenvalue weighted by molar-refractivity contribution is 5.60. The van der Waals surface area contributed by atoms with Crippen molar-refractivity contribution in [2.75, 3.05) is 0 Å². The van der Waals surface area contributed by atoms with Crippen LogP contribution >= 0.6 is 0 Å². The first-order valence-electron chi connectivity index (χ1n) is 18.2. The van der Waals surface area contributed by atoms with Crippen LogP contribution in [-0.2, 0) is 25.9 Å². The lowest BCUT2D eigenvalue weighted by molar-refractivity contribution is 0.115. The van der Waals surface area contributed by atoms with Gasteiger partial charge >= 0.3 is 0 Å². The maximum Gasteiger partial charge on any atom is 0.134 e. The summed E-state index contributed by atoms with van der Waals surface area (Å²) in [5.41, 5.74) is 6.47. The van der Waals surface area contributed by atoms with Gasteiger partial charge in [-0.3, -0.25) is 4.90 Å². The number of rotatable bonds is 8. The van der Waals surface area contributed by atoms with E-state index in [0.717, 1.165) is 71.2 Å². The smallest absolute Gasteiger partial charge is 0.134 e. The zero-order valence-electron chi connectivity index (χ0n) is 30.9. The summed E-state index contributed by atoms with van der Waals surface area (Å²) in [6, 6.07) is 25.2. The number of hydrogen-bond donors (Lipinski definition) is 0. The Labute approximate surface area is 300 Å². The summed E-state index contributed by atoms with van der Waals surface area (Å²) >= 11 is 0. The lowest BCUT2D eigenvalue weighted by Crippen LogP contribution is -2.40. The Bertz CT molecular complexity index is 1980. The molecule has 9 nitrogen and oxygen atoms in total. The third-order valence-electron chi connectivity index (χ3n) is 10.7. The van der Waals surface area contributed by atoms with E-state index in [-0.39, 0.29) is 28.5 Å². The molecule has 4 heterocycles. The second kappa shape index (κ2) is 12.5. The molecule has 51 heavy (non-hydrogen) atoms. The Morgan fingerprint density at radius 1 is 0.667 bits per heavy atom. The average molecular weight is 684 g/mol. The predicted octanol–water partition coefficient (Wildman–Crippen LogP) is 9.31. The van der Waals surface area contributed by atoms with Crippen LogP contribution in [0, 0.1) is 10.8 Å². The maximum atomic E-state index is 6.47. The minimum atomic E-state index is -0.141. The molecule has 2 unspecified atom stereocenters. The molecule has 9 heteroatoms. The van der Waals surface area contributed by atoms with Crippen molar-refractivity contribution < 1.29 is 8.83 Å². The number of benzene rings is 2. The normalized spacial score (nSPS) is 19.6. The zero-order valence-corrected chi connectivity index (χ0v) is 30.9. The summed E-state index contributed by atoms with van der Waals surface area (Å²) in [6.45, 7) is 17.2. The van der Waals surface area contributed by atoms with Crippen LogP contribution in [0.1, 0.15) is 107 Å². The van der Waals surface area contributed by atoms with E-state index in [9.17, 15) is 0 Å². The molecule has 2 atom stereocenters. The number of furan rings is 2. The van der Waals surface area contributed by atoms with E-state index in [0.29, 0.717) is 13.1 Å². The van der Waals surface area contributed by atoms with Gasteiger partial charge < -0.3 is 8.83 Å². The molecule has 2 aliphatic rings. The van der Waals surface area contributed by atoms with Crippen molar-refractivity contribution in [3.63, 3.8) is 0 Å². The number of hydrogen-bond acceptors (Lipinski definition) is 7. The van der Waals surface area contributed by atoms with Gasteiger partial charge in [0, 0.05) is 53.7 Å². The monoisotopic (exact) mass is 683 g/mol. The quantitative estimate of drug-likeness (QED) is 0.158. The summed E-state index contributed by atoms with van der Waals surface area (Å²) in [5, 5.41) is 18.8. The third-order valence-corrected chi connectivity index (χ3v) is 10.7. The third kappa shape index (κ3) is 6.84. The predicted molar refractivity (Wildman–Crippen MR) is 198 cm³/mol. The Kier molecular flexibility index (Phi) is 8.17.